The van der Waals surface area contributed by atoms with Gasteiger partial charge in [0.15, 0.2) is 5.76 Å². The summed E-state index contributed by atoms with van der Waals surface area (Å²) < 4.78 is 10.8. The largest absolute Gasteiger partial charge is 0.379 e. The molecule has 136 valence electrons. The lowest BCUT2D eigenvalue weighted by Crippen LogP contribution is -2.39. The fourth-order valence-corrected chi connectivity index (χ4v) is 3.62. The molecule has 4 heterocycles. The Labute approximate surface area is 156 Å². The molecule has 0 spiro atoms. The lowest BCUT2D eigenvalue weighted by molar-refractivity contribution is 0.0398. The van der Waals surface area contributed by atoms with Gasteiger partial charge in [-0.1, -0.05) is 11.2 Å². The van der Waals surface area contributed by atoms with Gasteiger partial charge in [0.1, 0.15) is 0 Å². The van der Waals surface area contributed by atoms with Gasteiger partial charge in [-0.15, -0.1) is 11.3 Å². The molecule has 1 aliphatic rings. The summed E-state index contributed by atoms with van der Waals surface area (Å²) in [6.45, 7) is 7.23. The molecule has 26 heavy (non-hydrogen) atoms. The van der Waals surface area contributed by atoms with Gasteiger partial charge in [-0.05, 0) is 18.4 Å². The van der Waals surface area contributed by atoms with Gasteiger partial charge >= 0.3 is 0 Å². The van der Waals surface area contributed by atoms with Gasteiger partial charge in [0.05, 0.1) is 35.0 Å². The van der Waals surface area contributed by atoms with E-state index in [0.29, 0.717) is 11.7 Å². The van der Waals surface area contributed by atoms with Gasteiger partial charge in [0, 0.05) is 38.4 Å². The molecule has 0 aliphatic carbocycles. The number of aryl methyl sites for hydroxylation is 1. The minimum absolute atomic E-state index is 0.627. The molecule has 1 N–H and O–H groups in total. The lowest BCUT2D eigenvalue weighted by atomic mass is 10.1. The van der Waals surface area contributed by atoms with Crippen LogP contribution in [0.15, 0.2) is 34.3 Å². The van der Waals surface area contributed by atoms with Crippen LogP contribution in [-0.2, 0) is 4.74 Å². The second-order valence-corrected chi connectivity index (χ2v) is 7.09. The topological polar surface area (TPSA) is 76.3 Å². The highest BCUT2D eigenvalue weighted by Gasteiger charge is 2.16. The first-order chi connectivity index (χ1) is 12.8. The Balaban J connectivity index is 1.52. The molecule has 0 aromatic carbocycles. The molecule has 0 unspecified atom stereocenters. The standard InChI is InChI=1S/C18H21N5O2S/c1-13-11-15(25-22-13)14-12-20-18(21-17(14)16-3-2-10-26-16)19-4-5-23-6-8-24-9-7-23/h2-3,10-12H,4-9H2,1H3,(H,19,20,21). The minimum atomic E-state index is 0.627. The summed E-state index contributed by atoms with van der Waals surface area (Å²) in [5.74, 6) is 1.31. The molecule has 3 aromatic rings. The Morgan fingerprint density at radius 3 is 2.92 bits per heavy atom. The van der Waals surface area contributed by atoms with E-state index in [1.807, 2.05) is 24.4 Å². The number of ether oxygens (including phenoxy) is 1. The van der Waals surface area contributed by atoms with E-state index < -0.39 is 0 Å². The van der Waals surface area contributed by atoms with Crippen LogP contribution in [-0.4, -0.2) is 59.4 Å². The van der Waals surface area contributed by atoms with Crippen LogP contribution in [0.1, 0.15) is 5.69 Å². The van der Waals surface area contributed by atoms with Crippen LogP contribution in [0.2, 0.25) is 0 Å². The Morgan fingerprint density at radius 1 is 1.31 bits per heavy atom. The molecule has 8 heteroatoms. The highest BCUT2D eigenvalue weighted by atomic mass is 32.1. The van der Waals surface area contributed by atoms with Crippen molar-refractivity contribution < 1.29 is 9.26 Å². The number of hydrogen-bond donors (Lipinski definition) is 1. The van der Waals surface area contributed by atoms with E-state index in [0.717, 1.165) is 61.2 Å². The first-order valence-electron chi connectivity index (χ1n) is 8.68. The summed E-state index contributed by atoms with van der Waals surface area (Å²) in [5.41, 5.74) is 2.55. The average Bonchev–Trinajstić information content (AvgIpc) is 3.34. The third-order valence-corrected chi connectivity index (χ3v) is 5.13. The van der Waals surface area contributed by atoms with Crippen molar-refractivity contribution >= 4 is 17.3 Å². The van der Waals surface area contributed by atoms with Crippen molar-refractivity contribution in [2.75, 3.05) is 44.7 Å². The first-order valence-corrected chi connectivity index (χ1v) is 9.56. The number of thiophene rings is 1. The second kappa shape index (κ2) is 7.94. The van der Waals surface area contributed by atoms with Crippen LogP contribution in [0.3, 0.4) is 0 Å². The predicted molar refractivity (Wildman–Crippen MR) is 101 cm³/mol. The van der Waals surface area contributed by atoms with Gasteiger partial charge in [0.2, 0.25) is 5.95 Å². The highest BCUT2D eigenvalue weighted by Crippen LogP contribution is 2.33. The predicted octanol–water partition coefficient (Wildman–Crippen LogP) is 2.91. The fourth-order valence-electron chi connectivity index (χ4n) is 2.89. The molecule has 3 aromatic heterocycles. The summed E-state index contributed by atoms with van der Waals surface area (Å²) in [5, 5.41) is 9.35. The van der Waals surface area contributed by atoms with E-state index in [1.165, 1.54) is 0 Å². The van der Waals surface area contributed by atoms with Crippen LogP contribution < -0.4 is 5.32 Å². The lowest BCUT2D eigenvalue weighted by Gasteiger charge is -2.26. The Hall–Kier alpha value is -2.29. The number of hydrogen-bond acceptors (Lipinski definition) is 8. The Kier molecular flexibility index (Phi) is 5.24. The SMILES string of the molecule is Cc1cc(-c2cnc(NCCN3CCOCC3)nc2-c2cccs2)on1. The van der Waals surface area contributed by atoms with Crippen LogP contribution in [0.25, 0.3) is 21.9 Å². The fraction of sp³-hybridized carbons (Fsp3) is 0.389. The van der Waals surface area contributed by atoms with Gasteiger partial charge in [-0.3, -0.25) is 4.90 Å². The minimum Gasteiger partial charge on any atom is -0.379 e. The number of nitrogens with zero attached hydrogens (tertiary/aromatic N) is 4. The van der Waals surface area contributed by atoms with Crippen LogP contribution in [0.4, 0.5) is 5.95 Å². The van der Waals surface area contributed by atoms with Crippen molar-refractivity contribution in [3.05, 3.63) is 35.5 Å². The number of morpholine rings is 1. The summed E-state index contributed by atoms with van der Waals surface area (Å²) in [6, 6.07) is 5.97. The van der Waals surface area contributed by atoms with Crippen LogP contribution in [0.5, 0.6) is 0 Å². The van der Waals surface area contributed by atoms with E-state index >= 15 is 0 Å². The molecular weight excluding hydrogens is 350 g/mol. The normalized spacial score (nSPS) is 15.3. The molecular formula is C18H21N5O2S. The smallest absolute Gasteiger partial charge is 0.223 e. The Morgan fingerprint density at radius 2 is 2.19 bits per heavy atom. The van der Waals surface area contributed by atoms with Crippen molar-refractivity contribution in [2.45, 2.75) is 6.92 Å². The van der Waals surface area contributed by atoms with Crippen molar-refractivity contribution in [3.63, 3.8) is 0 Å². The molecule has 0 saturated carbocycles. The molecule has 0 atom stereocenters. The molecule has 7 nitrogen and oxygen atoms in total. The third-order valence-electron chi connectivity index (χ3n) is 4.25. The number of rotatable bonds is 6. The van der Waals surface area contributed by atoms with Crippen LogP contribution >= 0.6 is 11.3 Å². The Bertz CT molecular complexity index is 843. The van der Waals surface area contributed by atoms with E-state index in [2.05, 4.69) is 26.4 Å². The molecule has 1 saturated heterocycles. The zero-order valence-electron chi connectivity index (χ0n) is 14.6. The van der Waals surface area contributed by atoms with E-state index in [1.54, 1.807) is 17.5 Å². The highest BCUT2D eigenvalue weighted by molar-refractivity contribution is 7.13. The zero-order chi connectivity index (χ0) is 17.8. The van der Waals surface area contributed by atoms with Gasteiger partial charge in [-0.2, -0.15) is 0 Å². The van der Waals surface area contributed by atoms with Crippen molar-refractivity contribution in [2.24, 2.45) is 0 Å². The maximum absolute atomic E-state index is 5.43. The third kappa shape index (κ3) is 3.92. The molecule has 0 bridgehead atoms. The summed E-state index contributed by atoms with van der Waals surface area (Å²) in [4.78, 5) is 12.7. The number of anilines is 1. The average molecular weight is 371 g/mol. The van der Waals surface area contributed by atoms with E-state index in [9.17, 15) is 0 Å². The number of nitrogens with one attached hydrogen (secondary N) is 1. The van der Waals surface area contributed by atoms with Gasteiger partial charge < -0.3 is 14.6 Å². The van der Waals surface area contributed by atoms with E-state index in [4.69, 9.17) is 14.2 Å². The van der Waals surface area contributed by atoms with Crippen molar-refractivity contribution in [3.8, 4) is 21.9 Å². The van der Waals surface area contributed by atoms with Gasteiger partial charge in [-0.25, -0.2) is 9.97 Å². The first kappa shape index (κ1) is 17.1. The molecule has 1 fully saturated rings. The van der Waals surface area contributed by atoms with Crippen molar-refractivity contribution in [1.82, 2.24) is 20.0 Å². The summed E-state index contributed by atoms with van der Waals surface area (Å²) in [6.07, 6.45) is 1.80. The summed E-state index contributed by atoms with van der Waals surface area (Å²) in [7, 11) is 0. The molecule has 1 aliphatic heterocycles. The van der Waals surface area contributed by atoms with Gasteiger partial charge in [0.25, 0.3) is 0 Å². The van der Waals surface area contributed by atoms with Crippen molar-refractivity contribution in [1.29, 1.82) is 0 Å². The molecule has 0 amide bonds. The molecule has 0 radical (unpaired) electrons. The van der Waals surface area contributed by atoms with E-state index in [-0.39, 0.29) is 0 Å². The van der Waals surface area contributed by atoms with Crippen LogP contribution in [0, 0.1) is 6.92 Å². The maximum Gasteiger partial charge on any atom is 0.223 e. The monoisotopic (exact) mass is 371 g/mol. The maximum atomic E-state index is 5.43. The summed E-state index contributed by atoms with van der Waals surface area (Å²) >= 11 is 1.64. The quantitative estimate of drug-likeness (QED) is 0.714. The second-order valence-electron chi connectivity index (χ2n) is 6.15. The molecule has 4 rings (SSSR count). The number of aromatic nitrogens is 3. The zero-order valence-corrected chi connectivity index (χ0v) is 15.5.